The highest BCUT2D eigenvalue weighted by Gasteiger charge is 2.13. The molecule has 0 atom stereocenters. The third-order valence-electron chi connectivity index (χ3n) is 2.06. The predicted molar refractivity (Wildman–Crippen MR) is 58.4 cm³/mol. The molecule has 1 aromatic carbocycles. The van der Waals surface area contributed by atoms with E-state index in [0.29, 0.717) is 29.5 Å². The normalized spacial score (nSPS) is 10.1. The Morgan fingerprint density at radius 2 is 2.00 bits per heavy atom. The van der Waals surface area contributed by atoms with Crippen LogP contribution in [0.2, 0.25) is 5.02 Å². The molecule has 0 aliphatic rings. The van der Waals surface area contributed by atoms with Crippen LogP contribution in [0, 0.1) is 0 Å². The number of benzene rings is 1. The van der Waals surface area contributed by atoms with Crippen molar-refractivity contribution in [2.24, 2.45) is 5.90 Å². The molecule has 0 radical (unpaired) electrons. The zero-order valence-corrected chi connectivity index (χ0v) is 9.50. The van der Waals surface area contributed by atoms with Crippen molar-refractivity contribution in [3.05, 3.63) is 22.7 Å². The lowest BCUT2D eigenvalue weighted by atomic mass is 10.1. The molecule has 1 aromatic rings. The fraction of sp³-hybridized carbons (Fsp3) is 0.400. The van der Waals surface area contributed by atoms with Gasteiger partial charge in [-0.2, -0.15) is 0 Å². The standard InChI is InChI=1S/C10H14ClNO3/c1-13-9-4-3-8(11)7(5-6-15-12)10(9)14-2/h3-4H,5-6,12H2,1-2H3. The average Bonchev–Trinajstić information content (AvgIpc) is 2.27. The van der Waals surface area contributed by atoms with Crippen LogP contribution in [0.5, 0.6) is 11.5 Å². The summed E-state index contributed by atoms with van der Waals surface area (Å²) in [6.45, 7) is 0.378. The minimum atomic E-state index is 0.378. The molecule has 1 rings (SSSR count). The first kappa shape index (κ1) is 12.1. The van der Waals surface area contributed by atoms with Crippen LogP contribution in [0.4, 0.5) is 0 Å². The molecule has 0 aromatic heterocycles. The van der Waals surface area contributed by atoms with Gasteiger partial charge in [0.05, 0.1) is 20.8 Å². The van der Waals surface area contributed by atoms with Crippen LogP contribution in [0.25, 0.3) is 0 Å². The van der Waals surface area contributed by atoms with E-state index in [0.717, 1.165) is 5.56 Å². The first-order valence-corrected chi connectivity index (χ1v) is 4.83. The lowest BCUT2D eigenvalue weighted by molar-refractivity contribution is 0.140. The van der Waals surface area contributed by atoms with Gasteiger partial charge in [0.15, 0.2) is 11.5 Å². The maximum Gasteiger partial charge on any atom is 0.165 e. The van der Waals surface area contributed by atoms with E-state index >= 15 is 0 Å². The minimum Gasteiger partial charge on any atom is -0.493 e. The monoisotopic (exact) mass is 231 g/mol. The Morgan fingerprint density at radius 3 is 2.53 bits per heavy atom. The summed E-state index contributed by atoms with van der Waals surface area (Å²) in [5.74, 6) is 6.25. The van der Waals surface area contributed by atoms with Crippen LogP contribution in [0.15, 0.2) is 12.1 Å². The summed E-state index contributed by atoms with van der Waals surface area (Å²) in [5.41, 5.74) is 0.837. The van der Waals surface area contributed by atoms with E-state index < -0.39 is 0 Å². The molecule has 5 heteroatoms. The van der Waals surface area contributed by atoms with Crippen molar-refractivity contribution in [2.75, 3.05) is 20.8 Å². The Kier molecular flexibility index (Phi) is 4.68. The Labute approximate surface area is 93.8 Å². The zero-order valence-electron chi connectivity index (χ0n) is 8.75. The van der Waals surface area contributed by atoms with Crippen molar-refractivity contribution in [1.82, 2.24) is 0 Å². The van der Waals surface area contributed by atoms with Gasteiger partial charge in [0, 0.05) is 17.0 Å². The number of ether oxygens (including phenoxy) is 2. The third-order valence-corrected chi connectivity index (χ3v) is 2.42. The van der Waals surface area contributed by atoms with E-state index in [1.54, 1.807) is 26.4 Å². The summed E-state index contributed by atoms with van der Waals surface area (Å²) in [7, 11) is 3.15. The number of nitrogens with two attached hydrogens (primary N) is 1. The maximum atomic E-state index is 6.04. The summed E-state index contributed by atoms with van der Waals surface area (Å²) < 4.78 is 10.4. The van der Waals surface area contributed by atoms with Gasteiger partial charge in [0.1, 0.15) is 0 Å². The van der Waals surface area contributed by atoms with Crippen LogP contribution < -0.4 is 15.4 Å². The molecule has 0 saturated carbocycles. The Hall–Kier alpha value is -0.970. The highest BCUT2D eigenvalue weighted by molar-refractivity contribution is 6.31. The molecule has 0 aliphatic heterocycles. The van der Waals surface area contributed by atoms with Crippen molar-refractivity contribution in [1.29, 1.82) is 0 Å². The Morgan fingerprint density at radius 1 is 1.27 bits per heavy atom. The van der Waals surface area contributed by atoms with Gasteiger partial charge in [-0.3, -0.25) is 0 Å². The SMILES string of the molecule is COc1ccc(Cl)c(CCON)c1OC. The van der Waals surface area contributed by atoms with Gasteiger partial charge in [-0.1, -0.05) is 11.6 Å². The van der Waals surface area contributed by atoms with Crippen molar-refractivity contribution in [3.8, 4) is 11.5 Å². The quantitative estimate of drug-likeness (QED) is 0.785. The summed E-state index contributed by atoms with van der Waals surface area (Å²) in [4.78, 5) is 4.52. The number of rotatable bonds is 5. The smallest absolute Gasteiger partial charge is 0.165 e. The summed E-state index contributed by atoms with van der Waals surface area (Å²) in [5, 5.41) is 0.615. The van der Waals surface area contributed by atoms with E-state index in [4.69, 9.17) is 27.0 Å². The fourth-order valence-electron chi connectivity index (χ4n) is 1.36. The van der Waals surface area contributed by atoms with Gasteiger partial charge in [-0.15, -0.1) is 0 Å². The van der Waals surface area contributed by atoms with Gasteiger partial charge >= 0.3 is 0 Å². The van der Waals surface area contributed by atoms with Crippen LogP contribution in [0.3, 0.4) is 0 Å². The summed E-state index contributed by atoms with van der Waals surface area (Å²) in [6.07, 6.45) is 0.579. The molecule has 0 fully saturated rings. The molecule has 0 unspecified atom stereocenters. The largest absolute Gasteiger partial charge is 0.493 e. The first-order valence-electron chi connectivity index (χ1n) is 4.45. The highest BCUT2D eigenvalue weighted by atomic mass is 35.5. The van der Waals surface area contributed by atoms with E-state index in [2.05, 4.69) is 4.84 Å². The number of hydrogen-bond donors (Lipinski definition) is 1. The van der Waals surface area contributed by atoms with E-state index in [1.807, 2.05) is 0 Å². The molecule has 15 heavy (non-hydrogen) atoms. The molecule has 2 N–H and O–H groups in total. The van der Waals surface area contributed by atoms with Gasteiger partial charge in [-0.05, 0) is 12.1 Å². The zero-order chi connectivity index (χ0) is 11.3. The second-order valence-electron chi connectivity index (χ2n) is 2.88. The molecule has 0 aliphatic carbocycles. The molecule has 0 bridgehead atoms. The molecular weight excluding hydrogens is 218 g/mol. The molecule has 0 saturated heterocycles. The third kappa shape index (κ3) is 2.75. The van der Waals surface area contributed by atoms with E-state index in [1.165, 1.54) is 0 Å². The summed E-state index contributed by atoms with van der Waals surface area (Å²) in [6, 6.07) is 3.52. The van der Waals surface area contributed by atoms with Crippen molar-refractivity contribution < 1.29 is 14.3 Å². The van der Waals surface area contributed by atoms with Crippen LogP contribution in [0.1, 0.15) is 5.56 Å². The van der Waals surface area contributed by atoms with E-state index in [9.17, 15) is 0 Å². The van der Waals surface area contributed by atoms with E-state index in [-0.39, 0.29) is 0 Å². The van der Waals surface area contributed by atoms with Crippen LogP contribution in [-0.4, -0.2) is 20.8 Å². The summed E-state index contributed by atoms with van der Waals surface area (Å²) >= 11 is 6.04. The fourth-order valence-corrected chi connectivity index (χ4v) is 1.60. The lowest BCUT2D eigenvalue weighted by Crippen LogP contribution is -2.06. The Bertz CT molecular complexity index is 331. The predicted octanol–water partition coefficient (Wildman–Crippen LogP) is 1.79. The molecule has 84 valence electrons. The highest BCUT2D eigenvalue weighted by Crippen LogP contribution is 2.35. The first-order chi connectivity index (χ1) is 7.24. The second kappa shape index (κ2) is 5.80. The molecule has 4 nitrogen and oxygen atoms in total. The van der Waals surface area contributed by atoms with Crippen molar-refractivity contribution in [2.45, 2.75) is 6.42 Å². The maximum absolute atomic E-state index is 6.04. The number of hydrogen-bond acceptors (Lipinski definition) is 4. The van der Waals surface area contributed by atoms with Gasteiger partial charge < -0.3 is 14.3 Å². The van der Waals surface area contributed by atoms with Crippen LogP contribution in [-0.2, 0) is 11.3 Å². The number of halogens is 1. The van der Waals surface area contributed by atoms with Gasteiger partial charge in [0.2, 0.25) is 0 Å². The molecule has 0 spiro atoms. The minimum absolute atomic E-state index is 0.378. The van der Waals surface area contributed by atoms with Crippen LogP contribution >= 0.6 is 11.6 Å². The van der Waals surface area contributed by atoms with Gasteiger partial charge in [0.25, 0.3) is 0 Å². The average molecular weight is 232 g/mol. The number of methoxy groups -OCH3 is 2. The lowest BCUT2D eigenvalue weighted by Gasteiger charge is -2.13. The molecule has 0 amide bonds. The van der Waals surface area contributed by atoms with Gasteiger partial charge in [-0.25, -0.2) is 5.90 Å². The Balaban J connectivity index is 3.07. The second-order valence-corrected chi connectivity index (χ2v) is 3.29. The molecule has 0 heterocycles. The molecular formula is C10H14ClNO3. The van der Waals surface area contributed by atoms with Crippen molar-refractivity contribution in [3.63, 3.8) is 0 Å². The van der Waals surface area contributed by atoms with Crippen molar-refractivity contribution >= 4 is 11.6 Å². The topological polar surface area (TPSA) is 53.7 Å².